The lowest BCUT2D eigenvalue weighted by Crippen LogP contribution is -2.50. The second kappa shape index (κ2) is 12.3. The zero-order chi connectivity index (χ0) is 21.1. The van der Waals surface area contributed by atoms with E-state index < -0.39 is 6.04 Å². The lowest BCUT2D eigenvalue weighted by Gasteiger charge is -2.30. The van der Waals surface area contributed by atoms with Crippen LogP contribution < -0.4 is 5.32 Å². The minimum absolute atomic E-state index is 0.0242. The van der Waals surface area contributed by atoms with E-state index in [-0.39, 0.29) is 11.8 Å². The maximum absolute atomic E-state index is 13.0. The molecule has 29 heavy (non-hydrogen) atoms. The summed E-state index contributed by atoms with van der Waals surface area (Å²) in [5.41, 5.74) is 3.61. The molecule has 1 atom stereocenters. The molecule has 2 aromatic carbocycles. The average Bonchev–Trinajstić information content (AvgIpc) is 2.73. The van der Waals surface area contributed by atoms with Crippen LogP contribution >= 0.6 is 11.8 Å². The Bertz CT molecular complexity index is 762. The molecule has 1 unspecified atom stereocenters. The molecular formula is C24H32N2O2S. The summed E-state index contributed by atoms with van der Waals surface area (Å²) in [5.74, 6) is 1.12. The van der Waals surface area contributed by atoms with Crippen LogP contribution in [-0.2, 0) is 21.8 Å². The van der Waals surface area contributed by atoms with Crippen LogP contribution in [0.2, 0.25) is 0 Å². The van der Waals surface area contributed by atoms with Crippen molar-refractivity contribution in [2.75, 3.05) is 18.8 Å². The first kappa shape index (κ1) is 23.0. The Balaban J connectivity index is 2.02. The number of nitrogens with one attached hydrogen (secondary N) is 1. The molecule has 4 nitrogen and oxygen atoms in total. The van der Waals surface area contributed by atoms with Crippen LogP contribution in [0.1, 0.15) is 37.0 Å². The molecule has 0 saturated carbocycles. The van der Waals surface area contributed by atoms with Gasteiger partial charge in [-0.25, -0.2) is 0 Å². The van der Waals surface area contributed by atoms with Crippen molar-refractivity contribution < 1.29 is 9.59 Å². The zero-order valence-corrected chi connectivity index (χ0v) is 18.5. The van der Waals surface area contributed by atoms with E-state index in [9.17, 15) is 9.59 Å². The molecule has 0 radical (unpaired) electrons. The number of thioether (sulfide) groups is 1. The highest BCUT2D eigenvalue weighted by Crippen LogP contribution is 2.16. The van der Waals surface area contributed by atoms with Gasteiger partial charge in [-0.15, -0.1) is 11.8 Å². The van der Waals surface area contributed by atoms with Gasteiger partial charge < -0.3 is 10.2 Å². The normalized spacial score (nSPS) is 11.7. The number of hydrogen-bond acceptors (Lipinski definition) is 3. The molecule has 2 aromatic rings. The lowest BCUT2D eigenvalue weighted by molar-refractivity contribution is -0.138. The van der Waals surface area contributed by atoms with Crippen LogP contribution in [-0.4, -0.2) is 41.6 Å². The molecule has 0 fully saturated rings. The molecule has 0 aliphatic heterocycles. The van der Waals surface area contributed by atoms with Crippen LogP contribution in [0.5, 0.6) is 0 Å². The predicted octanol–water partition coefficient (Wildman–Crippen LogP) is 4.21. The van der Waals surface area contributed by atoms with Gasteiger partial charge in [-0.2, -0.15) is 0 Å². The van der Waals surface area contributed by atoms with Crippen molar-refractivity contribution in [3.63, 3.8) is 0 Å². The molecule has 0 saturated heterocycles. The Labute approximate surface area is 179 Å². The highest BCUT2D eigenvalue weighted by atomic mass is 32.2. The highest BCUT2D eigenvalue weighted by molar-refractivity contribution is 7.99. The van der Waals surface area contributed by atoms with Crippen LogP contribution in [0.3, 0.4) is 0 Å². The maximum Gasteiger partial charge on any atom is 0.242 e. The lowest BCUT2D eigenvalue weighted by atomic mass is 10.1. The Morgan fingerprint density at radius 3 is 2.31 bits per heavy atom. The van der Waals surface area contributed by atoms with Crippen LogP contribution in [0.25, 0.3) is 0 Å². The summed E-state index contributed by atoms with van der Waals surface area (Å²) >= 11 is 1.60. The van der Waals surface area contributed by atoms with Crippen LogP contribution in [0.4, 0.5) is 0 Å². The van der Waals surface area contributed by atoms with Gasteiger partial charge in [0.25, 0.3) is 0 Å². The number of nitrogens with zero attached hydrogens (tertiary/aromatic N) is 1. The summed E-state index contributed by atoms with van der Waals surface area (Å²) in [7, 11) is 0. The van der Waals surface area contributed by atoms with Gasteiger partial charge in [-0.05, 0) is 37.8 Å². The Hall–Kier alpha value is -2.27. The summed E-state index contributed by atoms with van der Waals surface area (Å²) in [6.45, 7) is 7.04. The molecule has 0 aromatic heterocycles. The number of rotatable bonds is 11. The molecule has 1 N–H and O–H groups in total. The number of benzene rings is 2. The summed E-state index contributed by atoms with van der Waals surface area (Å²) in [6.07, 6.45) is 1.35. The second-order valence-corrected chi connectivity index (χ2v) is 8.11. The third-order valence-corrected chi connectivity index (χ3v) is 5.82. The molecule has 0 aliphatic rings. The molecule has 0 aliphatic carbocycles. The van der Waals surface area contributed by atoms with Gasteiger partial charge >= 0.3 is 0 Å². The minimum atomic E-state index is -0.425. The minimum Gasteiger partial charge on any atom is -0.355 e. The predicted molar refractivity (Wildman–Crippen MR) is 122 cm³/mol. The first-order chi connectivity index (χ1) is 14.0. The first-order valence-corrected chi connectivity index (χ1v) is 11.4. The topological polar surface area (TPSA) is 49.4 Å². The number of amides is 2. The molecule has 0 spiro atoms. The van der Waals surface area contributed by atoms with E-state index in [1.807, 2.05) is 32.0 Å². The van der Waals surface area contributed by atoms with Gasteiger partial charge in [-0.1, -0.05) is 67.1 Å². The van der Waals surface area contributed by atoms with Gasteiger partial charge in [0, 0.05) is 18.8 Å². The number of likely N-dealkylation sites (N-methyl/N-ethyl adjacent to an activating group) is 1. The quantitative estimate of drug-likeness (QED) is 0.601. The summed E-state index contributed by atoms with van der Waals surface area (Å²) in [4.78, 5) is 27.4. The fourth-order valence-electron chi connectivity index (χ4n) is 3.21. The molecule has 2 amide bonds. The largest absolute Gasteiger partial charge is 0.355 e. The van der Waals surface area contributed by atoms with Crippen LogP contribution in [0.15, 0.2) is 54.6 Å². The fraction of sp³-hybridized carbons (Fsp3) is 0.417. The third kappa shape index (κ3) is 7.58. The first-order valence-electron chi connectivity index (χ1n) is 10.3. The molecule has 5 heteroatoms. The van der Waals surface area contributed by atoms with Crippen LogP contribution in [0, 0.1) is 6.92 Å². The number of hydrogen-bond donors (Lipinski definition) is 1. The number of aryl methyl sites for hydroxylation is 1. The van der Waals surface area contributed by atoms with Crippen molar-refractivity contribution in [2.45, 2.75) is 45.4 Å². The zero-order valence-electron chi connectivity index (χ0n) is 17.7. The fourth-order valence-corrected chi connectivity index (χ4v) is 4.08. The van der Waals surface area contributed by atoms with Crippen molar-refractivity contribution in [2.24, 2.45) is 0 Å². The van der Waals surface area contributed by atoms with Crippen molar-refractivity contribution in [3.05, 3.63) is 71.3 Å². The highest BCUT2D eigenvalue weighted by Gasteiger charge is 2.27. The van der Waals surface area contributed by atoms with Crippen molar-refractivity contribution in [1.82, 2.24) is 10.2 Å². The van der Waals surface area contributed by atoms with E-state index in [0.29, 0.717) is 25.3 Å². The van der Waals surface area contributed by atoms with Gasteiger partial charge in [0.15, 0.2) is 0 Å². The van der Waals surface area contributed by atoms with E-state index in [1.54, 1.807) is 16.7 Å². The number of carbonyl (C=O) groups is 2. The van der Waals surface area contributed by atoms with E-state index in [2.05, 4.69) is 48.6 Å². The SMILES string of the molecule is CCNC(=O)C(CC)N(CCc1ccccc1)C(=O)CSCc1ccc(C)cc1. The molecule has 0 heterocycles. The Morgan fingerprint density at radius 1 is 1.00 bits per heavy atom. The van der Waals surface area contributed by atoms with Gasteiger partial charge in [0.05, 0.1) is 5.75 Å². The standard InChI is InChI=1S/C24H32N2O2S/c1-4-22(24(28)25-5-2)26(16-15-20-9-7-6-8-10-20)23(27)18-29-17-21-13-11-19(3)12-14-21/h6-14,22H,4-5,15-18H2,1-3H3,(H,25,28). The van der Waals surface area contributed by atoms with E-state index in [0.717, 1.165) is 12.2 Å². The van der Waals surface area contributed by atoms with Gasteiger partial charge in [0.2, 0.25) is 11.8 Å². The Kier molecular flexibility index (Phi) is 9.78. The van der Waals surface area contributed by atoms with E-state index >= 15 is 0 Å². The second-order valence-electron chi connectivity index (χ2n) is 7.12. The van der Waals surface area contributed by atoms with E-state index in [1.165, 1.54) is 16.7 Å². The van der Waals surface area contributed by atoms with Crippen molar-refractivity contribution in [3.8, 4) is 0 Å². The summed E-state index contributed by atoms with van der Waals surface area (Å²) in [5, 5.41) is 2.88. The molecule has 2 rings (SSSR count). The molecular weight excluding hydrogens is 380 g/mol. The summed E-state index contributed by atoms with van der Waals surface area (Å²) < 4.78 is 0. The Morgan fingerprint density at radius 2 is 1.69 bits per heavy atom. The third-order valence-electron chi connectivity index (χ3n) is 4.84. The monoisotopic (exact) mass is 412 g/mol. The molecule has 156 valence electrons. The summed E-state index contributed by atoms with van der Waals surface area (Å²) in [6, 6.07) is 18.1. The maximum atomic E-state index is 13.0. The van der Waals surface area contributed by atoms with E-state index in [4.69, 9.17) is 0 Å². The van der Waals surface area contributed by atoms with Gasteiger partial charge in [-0.3, -0.25) is 9.59 Å². The van der Waals surface area contributed by atoms with Crippen molar-refractivity contribution in [1.29, 1.82) is 0 Å². The average molecular weight is 413 g/mol. The molecule has 0 bridgehead atoms. The smallest absolute Gasteiger partial charge is 0.242 e. The van der Waals surface area contributed by atoms with Crippen molar-refractivity contribution >= 4 is 23.6 Å². The number of carbonyl (C=O) groups excluding carboxylic acids is 2. The van der Waals surface area contributed by atoms with Gasteiger partial charge in [0.1, 0.15) is 6.04 Å².